The minimum atomic E-state index is -1.01. The van der Waals surface area contributed by atoms with Gasteiger partial charge in [-0.15, -0.1) is 0 Å². The number of benzene rings is 2. The number of carbonyl (C=O) groups excluding carboxylic acids is 1. The van der Waals surface area contributed by atoms with E-state index in [1.54, 1.807) is 36.4 Å². The minimum Gasteiger partial charge on any atom is -0.481 e. The first-order valence-electron chi connectivity index (χ1n) is 8.28. The second-order valence-electron chi connectivity index (χ2n) is 6.20. The molecule has 0 aliphatic carbocycles. The Morgan fingerprint density at radius 2 is 1.89 bits per heavy atom. The lowest BCUT2D eigenvalue weighted by atomic mass is 10.0. The van der Waals surface area contributed by atoms with E-state index >= 15 is 0 Å². The molecule has 2 aromatic carbocycles. The van der Waals surface area contributed by atoms with Crippen LogP contribution < -0.4 is 21.3 Å². The Labute approximate surface area is 157 Å². The number of anilines is 2. The summed E-state index contributed by atoms with van der Waals surface area (Å²) in [5.74, 6) is -1.67. The zero-order chi connectivity index (χ0) is 20.0. The fraction of sp³-hybridized carbons (Fsp3) is 0.211. The van der Waals surface area contributed by atoms with Gasteiger partial charge in [0.25, 0.3) is 5.91 Å². The first kappa shape index (κ1) is 19.8. The number of aliphatic carboxylic acids is 1. The molecule has 2 aromatic rings. The first-order valence-corrected chi connectivity index (χ1v) is 8.28. The molecule has 0 aromatic heterocycles. The van der Waals surface area contributed by atoms with Crippen molar-refractivity contribution >= 4 is 29.2 Å². The number of hydrogen-bond acceptors (Lipinski definition) is 4. The molecule has 1 atom stereocenters. The number of rotatable bonds is 7. The van der Waals surface area contributed by atoms with Crippen LogP contribution in [0.3, 0.4) is 0 Å². The van der Waals surface area contributed by atoms with Crippen LogP contribution in [0.4, 0.5) is 11.4 Å². The third-order valence-corrected chi connectivity index (χ3v) is 3.88. The molecule has 6 N–H and O–H groups in total. The number of hydrogen-bond donors (Lipinski definition) is 5. The monoisotopic (exact) mass is 369 g/mol. The fourth-order valence-electron chi connectivity index (χ4n) is 2.74. The molecule has 8 nitrogen and oxygen atoms in total. The van der Waals surface area contributed by atoms with Crippen molar-refractivity contribution in [1.29, 1.82) is 5.41 Å². The molecule has 0 fully saturated rings. The van der Waals surface area contributed by atoms with Gasteiger partial charge in [0.05, 0.1) is 12.5 Å². The molecule has 1 amide bonds. The lowest BCUT2D eigenvalue weighted by Gasteiger charge is -2.24. The third-order valence-electron chi connectivity index (χ3n) is 3.88. The van der Waals surface area contributed by atoms with Gasteiger partial charge in [-0.25, -0.2) is 0 Å². The maximum Gasteiger partial charge on any atom is 0.305 e. The molecule has 0 saturated heterocycles. The summed E-state index contributed by atoms with van der Waals surface area (Å²) in [5, 5.41) is 22.0. The summed E-state index contributed by atoms with van der Waals surface area (Å²) in [6.45, 7) is 0. The van der Waals surface area contributed by atoms with E-state index in [0.717, 1.165) is 11.3 Å². The average molecular weight is 369 g/mol. The molecule has 142 valence electrons. The van der Waals surface area contributed by atoms with Crippen LogP contribution in [0.1, 0.15) is 28.4 Å². The van der Waals surface area contributed by atoms with Gasteiger partial charge in [-0.1, -0.05) is 24.3 Å². The Kier molecular flexibility index (Phi) is 6.37. The molecular weight excluding hydrogens is 346 g/mol. The van der Waals surface area contributed by atoms with Crippen LogP contribution >= 0.6 is 0 Å². The summed E-state index contributed by atoms with van der Waals surface area (Å²) in [6, 6.07) is 13.1. The topological polar surface area (TPSA) is 132 Å². The van der Waals surface area contributed by atoms with Crippen molar-refractivity contribution in [3.05, 3.63) is 59.7 Å². The van der Waals surface area contributed by atoms with Gasteiger partial charge in [0, 0.05) is 31.0 Å². The zero-order valence-electron chi connectivity index (χ0n) is 15.2. The highest BCUT2D eigenvalue weighted by molar-refractivity contribution is 5.97. The Hall–Kier alpha value is -3.55. The normalized spacial score (nSPS) is 11.3. The van der Waals surface area contributed by atoms with E-state index < -0.39 is 17.9 Å². The van der Waals surface area contributed by atoms with Crippen LogP contribution in [-0.4, -0.2) is 37.0 Å². The van der Waals surface area contributed by atoms with E-state index in [-0.39, 0.29) is 12.4 Å². The molecule has 0 spiro atoms. The molecular formula is C19H23N5O3. The van der Waals surface area contributed by atoms with Gasteiger partial charge < -0.3 is 26.4 Å². The Morgan fingerprint density at radius 3 is 2.52 bits per heavy atom. The lowest BCUT2D eigenvalue weighted by molar-refractivity contribution is -0.137. The van der Waals surface area contributed by atoms with Crippen molar-refractivity contribution in [1.82, 2.24) is 5.32 Å². The van der Waals surface area contributed by atoms with Crippen molar-refractivity contribution in [3.8, 4) is 0 Å². The highest BCUT2D eigenvalue weighted by Gasteiger charge is 2.22. The number of amides is 1. The number of para-hydroxylation sites is 1. The van der Waals surface area contributed by atoms with Crippen LogP contribution in [0.2, 0.25) is 0 Å². The number of carboxylic acid groups (broad SMARTS) is 1. The van der Waals surface area contributed by atoms with Crippen molar-refractivity contribution in [2.45, 2.75) is 12.5 Å². The number of nitrogens with two attached hydrogens (primary N) is 1. The van der Waals surface area contributed by atoms with Crippen LogP contribution in [0.25, 0.3) is 0 Å². The molecule has 0 saturated carbocycles. The van der Waals surface area contributed by atoms with E-state index in [9.17, 15) is 14.7 Å². The van der Waals surface area contributed by atoms with Crippen molar-refractivity contribution in [2.75, 3.05) is 24.3 Å². The van der Waals surface area contributed by atoms with E-state index in [0.29, 0.717) is 11.3 Å². The molecule has 0 radical (unpaired) electrons. The van der Waals surface area contributed by atoms with E-state index in [1.165, 1.54) is 0 Å². The maximum atomic E-state index is 12.7. The van der Waals surface area contributed by atoms with E-state index in [4.69, 9.17) is 11.1 Å². The molecule has 0 heterocycles. The van der Waals surface area contributed by atoms with E-state index in [2.05, 4.69) is 10.6 Å². The van der Waals surface area contributed by atoms with Crippen molar-refractivity contribution < 1.29 is 14.7 Å². The summed E-state index contributed by atoms with van der Waals surface area (Å²) in [7, 11) is 3.71. The van der Waals surface area contributed by atoms with Crippen molar-refractivity contribution in [2.24, 2.45) is 5.73 Å². The van der Waals surface area contributed by atoms with E-state index in [1.807, 2.05) is 31.1 Å². The third kappa shape index (κ3) is 5.46. The lowest BCUT2D eigenvalue weighted by Crippen LogP contribution is -2.31. The summed E-state index contributed by atoms with van der Waals surface area (Å²) >= 11 is 0. The SMILES string of the molecule is CN(C)c1ccccc1C(CC(=O)O)NC(=O)c1cccc(NC(=N)N)c1. The number of nitrogens with zero attached hydrogens (tertiary/aromatic N) is 1. The largest absolute Gasteiger partial charge is 0.481 e. The summed E-state index contributed by atoms with van der Waals surface area (Å²) in [5.41, 5.74) is 7.69. The Morgan fingerprint density at radius 1 is 1.19 bits per heavy atom. The number of nitrogens with one attached hydrogen (secondary N) is 3. The molecule has 1 unspecified atom stereocenters. The van der Waals surface area contributed by atoms with Gasteiger partial charge in [-0.2, -0.15) is 0 Å². The predicted octanol–water partition coefficient (Wildman–Crippen LogP) is 2.00. The Bertz CT molecular complexity index is 851. The standard InChI is InChI=1S/C19H23N5O3/c1-24(2)16-9-4-3-8-14(16)15(11-17(25)26)23-18(27)12-6-5-7-13(10-12)22-19(20)21/h3-10,15H,11H2,1-2H3,(H,23,27)(H,25,26)(H4,20,21,22). The number of carbonyl (C=O) groups is 2. The summed E-state index contributed by atoms with van der Waals surface area (Å²) < 4.78 is 0. The van der Waals surface area contributed by atoms with Gasteiger partial charge in [-0.3, -0.25) is 15.0 Å². The Balaban J connectivity index is 2.30. The molecule has 0 aliphatic heterocycles. The van der Waals surface area contributed by atoms with Gasteiger partial charge in [0.2, 0.25) is 0 Å². The zero-order valence-corrected chi connectivity index (χ0v) is 15.2. The first-order chi connectivity index (χ1) is 12.8. The fourth-order valence-corrected chi connectivity index (χ4v) is 2.74. The average Bonchev–Trinajstić information content (AvgIpc) is 2.60. The highest BCUT2D eigenvalue weighted by atomic mass is 16.4. The molecule has 27 heavy (non-hydrogen) atoms. The smallest absolute Gasteiger partial charge is 0.305 e. The molecule has 0 bridgehead atoms. The molecule has 8 heteroatoms. The van der Waals surface area contributed by atoms with Crippen LogP contribution in [0, 0.1) is 5.41 Å². The second kappa shape index (κ2) is 8.70. The van der Waals surface area contributed by atoms with Crippen LogP contribution in [-0.2, 0) is 4.79 Å². The van der Waals surface area contributed by atoms with Crippen LogP contribution in [0.15, 0.2) is 48.5 Å². The van der Waals surface area contributed by atoms with Gasteiger partial charge >= 0.3 is 5.97 Å². The van der Waals surface area contributed by atoms with Crippen LogP contribution in [0.5, 0.6) is 0 Å². The summed E-state index contributed by atoms with van der Waals surface area (Å²) in [6.07, 6.45) is -0.248. The minimum absolute atomic E-state index is 0.240. The van der Waals surface area contributed by atoms with Gasteiger partial charge in [-0.05, 0) is 29.8 Å². The molecule has 0 aliphatic rings. The van der Waals surface area contributed by atoms with Crippen molar-refractivity contribution in [3.63, 3.8) is 0 Å². The number of carboxylic acids is 1. The second-order valence-corrected chi connectivity index (χ2v) is 6.20. The summed E-state index contributed by atoms with van der Waals surface area (Å²) in [4.78, 5) is 25.9. The van der Waals surface area contributed by atoms with Gasteiger partial charge in [0.15, 0.2) is 5.96 Å². The van der Waals surface area contributed by atoms with Gasteiger partial charge in [0.1, 0.15) is 0 Å². The maximum absolute atomic E-state index is 12.7. The quantitative estimate of drug-likeness (QED) is 0.375. The predicted molar refractivity (Wildman–Crippen MR) is 105 cm³/mol. The molecule has 2 rings (SSSR count). The highest BCUT2D eigenvalue weighted by Crippen LogP contribution is 2.27. The number of guanidine groups is 1.